The van der Waals surface area contributed by atoms with Crippen LogP contribution in [0.4, 0.5) is 10.1 Å². The number of anilines is 1. The van der Waals surface area contributed by atoms with Gasteiger partial charge in [-0.05, 0) is 60.5 Å². The normalized spacial score (nSPS) is 17.2. The highest BCUT2D eigenvalue weighted by molar-refractivity contribution is 6.05. The Morgan fingerprint density at radius 1 is 1.12 bits per heavy atom. The summed E-state index contributed by atoms with van der Waals surface area (Å²) in [4.78, 5) is 15.0. The van der Waals surface area contributed by atoms with E-state index in [9.17, 15) is 14.3 Å². The molecule has 0 saturated carbocycles. The zero-order valence-corrected chi connectivity index (χ0v) is 24.4. The Bertz CT molecular complexity index is 1630. The van der Waals surface area contributed by atoms with Crippen LogP contribution in [0, 0.1) is 11.2 Å². The Balaban J connectivity index is 1.68. The van der Waals surface area contributed by atoms with Crippen LogP contribution in [-0.4, -0.2) is 72.8 Å². The number of halogens is 1. The van der Waals surface area contributed by atoms with Crippen LogP contribution in [0.25, 0.3) is 27.7 Å². The number of nitrogens with zero attached hydrogens (tertiary/aromatic N) is 2. The molecule has 1 aromatic heterocycles. The van der Waals surface area contributed by atoms with Crippen LogP contribution in [0.1, 0.15) is 41.9 Å². The first kappa shape index (κ1) is 29.4. The SMILES string of the molecule is COCC1(O)CCN(C(=O)c2ccc(-c3c(C(C)(C)COC)n(-c4ccc(F)cc4)c4cc(C=N)c(N)cc34)cc2)C1. The number of likely N-dealkylation sites (tertiary alicyclic amines) is 1. The Morgan fingerprint density at radius 3 is 2.43 bits per heavy atom. The molecule has 0 bridgehead atoms. The summed E-state index contributed by atoms with van der Waals surface area (Å²) in [5.41, 5.74) is 10.7. The van der Waals surface area contributed by atoms with Crippen molar-refractivity contribution >= 4 is 28.7 Å². The first-order valence-electron chi connectivity index (χ1n) is 13.9. The van der Waals surface area contributed by atoms with Crippen LogP contribution in [0.15, 0.2) is 60.7 Å². The predicted octanol–water partition coefficient (Wildman–Crippen LogP) is 5.16. The topological polar surface area (TPSA) is 114 Å². The summed E-state index contributed by atoms with van der Waals surface area (Å²) in [5, 5.41) is 19.5. The Hall–Kier alpha value is -4.05. The smallest absolute Gasteiger partial charge is 0.253 e. The van der Waals surface area contributed by atoms with Gasteiger partial charge in [-0.15, -0.1) is 0 Å². The third-order valence-corrected chi connectivity index (χ3v) is 8.01. The fourth-order valence-corrected chi connectivity index (χ4v) is 6.09. The van der Waals surface area contributed by atoms with Gasteiger partial charge in [0.05, 0.1) is 25.3 Å². The maximum absolute atomic E-state index is 14.0. The Morgan fingerprint density at radius 2 is 1.81 bits per heavy atom. The molecule has 9 heteroatoms. The summed E-state index contributed by atoms with van der Waals surface area (Å²) < 4.78 is 26.9. The Kier molecular flexibility index (Phi) is 7.94. The molecular weight excluding hydrogens is 535 g/mol. The summed E-state index contributed by atoms with van der Waals surface area (Å²) in [5.74, 6) is -0.487. The summed E-state index contributed by atoms with van der Waals surface area (Å²) >= 11 is 0. The lowest BCUT2D eigenvalue weighted by molar-refractivity contribution is -0.0215. The molecule has 0 spiro atoms. The molecule has 1 amide bonds. The molecule has 8 nitrogen and oxygen atoms in total. The number of aliphatic hydroxyl groups is 1. The maximum Gasteiger partial charge on any atom is 0.253 e. The van der Waals surface area contributed by atoms with Gasteiger partial charge in [-0.3, -0.25) is 4.79 Å². The molecule has 1 aliphatic heterocycles. The van der Waals surface area contributed by atoms with Gasteiger partial charge in [-0.1, -0.05) is 26.0 Å². The van der Waals surface area contributed by atoms with Crippen LogP contribution < -0.4 is 5.73 Å². The van der Waals surface area contributed by atoms with E-state index in [4.69, 9.17) is 20.6 Å². The molecule has 5 rings (SSSR count). The Labute approximate surface area is 245 Å². The van der Waals surface area contributed by atoms with Crippen molar-refractivity contribution in [2.24, 2.45) is 0 Å². The molecule has 1 atom stereocenters. The molecule has 1 saturated heterocycles. The number of carbonyl (C=O) groups is 1. The number of nitrogen functional groups attached to an aromatic ring is 1. The largest absolute Gasteiger partial charge is 0.398 e. The fraction of sp³-hybridized carbons (Fsp3) is 0.333. The highest BCUT2D eigenvalue weighted by Crippen LogP contribution is 2.44. The first-order chi connectivity index (χ1) is 20.0. The van der Waals surface area contributed by atoms with Crippen molar-refractivity contribution in [3.63, 3.8) is 0 Å². The van der Waals surface area contributed by atoms with Crippen molar-refractivity contribution < 1.29 is 23.8 Å². The molecule has 2 heterocycles. The number of carbonyl (C=O) groups excluding carboxylic acids is 1. The standard InChI is InChI=1S/C33H37FN4O4/c1-32(2,19-41-3)30-29(21-5-7-22(8-6-21)31(39)37-14-13-33(40,18-37)20-42-4)26-16-27(36)23(17-35)15-28(26)38(30)25-11-9-24(34)10-12-25/h5-12,15-17,35,40H,13-14,18-20,36H2,1-4H3. The lowest BCUT2D eigenvalue weighted by Gasteiger charge is -2.28. The lowest BCUT2D eigenvalue weighted by Crippen LogP contribution is -2.39. The van der Waals surface area contributed by atoms with E-state index in [-0.39, 0.29) is 24.9 Å². The third kappa shape index (κ3) is 5.31. The average Bonchev–Trinajstić information content (AvgIpc) is 3.51. The fourth-order valence-electron chi connectivity index (χ4n) is 6.09. The molecular formula is C33H37FN4O4. The number of rotatable bonds is 9. The van der Waals surface area contributed by atoms with Crippen LogP contribution in [0.5, 0.6) is 0 Å². The minimum atomic E-state index is -1.04. The van der Waals surface area contributed by atoms with Gasteiger partial charge < -0.3 is 35.2 Å². The second-order valence-electron chi connectivity index (χ2n) is 11.7. The van der Waals surface area contributed by atoms with E-state index in [0.717, 1.165) is 33.4 Å². The first-order valence-corrected chi connectivity index (χ1v) is 13.9. The molecule has 4 N–H and O–H groups in total. The summed E-state index contributed by atoms with van der Waals surface area (Å²) in [6, 6.07) is 17.5. The van der Waals surface area contributed by atoms with Gasteiger partial charge >= 0.3 is 0 Å². The number of amides is 1. The number of benzene rings is 3. The number of β-amino-alcohol motifs (C(OH)–C–C–N with tert-alkyl or cyclic N) is 1. The van der Waals surface area contributed by atoms with Crippen molar-refractivity contribution in [1.29, 1.82) is 5.41 Å². The van der Waals surface area contributed by atoms with E-state index >= 15 is 0 Å². The van der Waals surface area contributed by atoms with Gasteiger partial charge in [0.15, 0.2) is 0 Å². The minimum absolute atomic E-state index is 0.151. The average molecular weight is 573 g/mol. The van der Waals surface area contributed by atoms with Gasteiger partial charge in [-0.2, -0.15) is 0 Å². The van der Waals surface area contributed by atoms with E-state index in [0.29, 0.717) is 36.4 Å². The number of aromatic nitrogens is 1. The number of ether oxygens (including phenoxy) is 2. The van der Waals surface area contributed by atoms with E-state index in [1.807, 2.05) is 24.3 Å². The van der Waals surface area contributed by atoms with Crippen molar-refractivity contribution in [3.8, 4) is 16.8 Å². The number of hydrogen-bond donors (Lipinski definition) is 3. The second-order valence-corrected chi connectivity index (χ2v) is 11.7. The molecule has 0 radical (unpaired) electrons. The summed E-state index contributed by atoms with van der Waals surface area (Å²) in [7, 11) is 3.19. The van der Waals surface area contributed by atoms with Crippen LogP contribution in [0.3, 0.4) is 0 Å². The quantitative estimate of drug-likeness (QED) is 0.189. The molecule has 1 fully saturated rings. The number of nitrogens with two attached hydrogens (primary N) is 1. The molecule has 1 aliphatic rings. The van der Waals surface area contributed by atoms with E-state index in [1.54, 1.807) is 36.3 Å². The molecule has 3 aromatic carbocycles. The highest BCUT2D eigenvalue weighted by Gasteiger charge is 2.38. The minimum Gasteiger partial charge on any atom is -0.398 e. The predicted molar refractivity (Wildman–Crippen MR) is 163 cm³/mol. The van der Waals surface area contributed by atoms with Crippen molar-refractivity contribution in [1.82, 2.24) is 9.47 Å². The van der Waals surface area contributed by atoms with E-state index in [2.05, 4.69) is 18.4 Å². The maximum atomic E-state index is 14.0. The van der Waals surface area contributed by atoms with Crippen LogP contribution in [-0.2, 0) is 14.9 Å². The number of methoxy groups -OCH3 is 2. The highest BCUT2D eigenvalue weighted by atomic mass is 19.1. The van der Waals surface area contributed by atoms with Gasteiger partial charge in [-0.25, -0.2) is 4.39 Å². The lowest BCUT2D eigenvalue weighted by atomic mass is 9.84. The van der Waals surface area contributed by atoms with Crippen LogP contribution in [0.2, 0.25) is 0 Å². The van der Waals surface area contributed by atoms with Crippen molar-refractivity contribution in [2.75, 3.05) is 46.3 Å². The molecule has 42 heavy (non-hydrogen) atoms. The third-order valence-electron chi connectivity index (χ3n) is 8.01. The van der Waals surface area contributed by atoms with Crippen molar-refractivity contribution in [3.05, 3.63) is 83.3 Å². The summed E-state index contributed by atoms with van der Waals surface area (Å²) in [6.45, 7) is 5.42. The van der Waals surface area contributed by atoms with Crippen molar-refractivity contribution in [2.45, 2.75) is 31.3 Å². The zero-order chi connectivity index (χ0) is 30.2. The molecule has 4 aromatic rings. The van der Waals surface area contributed by atoms with Gasteiger partial charge in [0.25, 0.3) is 5.91 Å². The second kappa shape index (κ2) is 11.3. The van der Waals surface area contributed by atoms with E-state index in [1.165, 1.54) is 25.5 Å². The number of fused-ring (bicyclic) bond motifs is 1. The van der Waals surface area contributed by atoms with E-state index < -0.39 is 11.0 Å². The molecule has 0 aliphatic carbocycles. The number of hydrogen-bond acceptors (Lipinski definition) is 6. The molecule has 1 unspecified atom stereocenters. The van der Waals surface area contributed by atoms with Crippen LogP contribution >= 0.6 is 0 Å². The summed E-state index contributed by atoms with van der Waals surface area (Å²) in [6.07, 6.45) is 1.69. The molecule has 220 valence electrons. The zero-order valence-electron chi connectivity index (χ0n) is 24.4. The number of nitrogens with one attached hydrogen (secondary N) is 1. The van der Waals surface area contributed by atoms with Gasteiger partial charge in [0.2, 0.25) is 0 Å². The van der Waals surface area contributed by atoms with Gasteiger partial charge in [0, 0.05) is 71.5 Å². The van der Waals surface area contributed by atoms with Gasteiger partial charge in [0.1, 0.15) is 11.4 Å². The monoisotopic (exact) mass is 572 g/mol.